The summed E-state index contributed by atoms with van der Waals surface area (Å²) in [6.45, 7) is 6.48. The third kappa shape index (κ3) is 2.91. The Hall–Kier alpha value is -2.25. The zero-order valence-corrected chi connectivity index (χ0v) is 15.7. The zero-order valence-electron chi connectivity index (χ0n) is 14.9. The van der Waals surface area contributed by atoms with Gasteiger partial charge < -0.3 is 9.80 Å². The quantitative estimate of drug-likeness (QED) is 0.709. The molecule has 3 heterocycles. The summed E-state index contributed by atoms with van der Waals surface area (Å²) in [6.07, 6.45) is 0. The molecule has 0 unspecified atom stereocenters. The van der Waals surface area contributed by atoms with E-state index in [-0.39, 0.29) is 11.7 Å². The van der Waals surface area contributed by atoms with Crippen molar-refractivity contribution in [3.63, 3.8) is 0 Å². The number of nitrogens with zero attached hydrogens (tertiary/aromatic N) is 4. The number of benzene rings is 1. The molecule has 2 aromatic heterocycles. The van der Waals surface area contributed by atoms with E-state index in [0.717, 1.165) is 42.9 Å². The fourth-order valence-electron chi connectivity index (χ4n) is 3.42. The van der Waals surface area contributed by atoms with Crippen LogP contribution in [0.4, 0.5) is 4.39 Å². The van der Waals surface area contributed by atoms with Gasteiger partial charge in [-0.3, -0.25) is 9.48 Å². The predicted molar refractivity (Wildman–Crippen MR) is 102 cm³/mol. The van der Waals surface area contributed by atoms with Crippen molar-refractivity contribution in [3.8, 4) is 11.3 Å². The second kappa shape index (κ2) is 6.81. The first kappa shape index (κ1) is 17.2. The Morgan fingerprint density at radius 2 is 1.96 bits per heavy atom. The monoisotopic (exact) mass is 372 g/mol. The molecule has 7 heteroatoms. The molecule has 0 saturated carbocycles. The van der Waals surface area contributed by atoms with Crippen molar-refractivity contribution in [1.29, 1.82) is 0 Å². The van der Waals surface area contributed by atoms with Crippen LogP contribution in [0.2, 0.25) is 0 Å². The van der Waals surface area contributed by atoms with Crippen molar-refractivity contribution in [2.45, 2.75) is 6.92 Å². The maximum absolute atomic E-state index is 14.2. The van der Waals surface area contributed by atoms with E-state index in [0.29, 0.717) is 16.1 Å². The minimum absolute atomic E-state index is 0.0569. The van der Waals surface area contributed by atoms with E-state index in [4.69, 9.17) is 0 Å². The van der Waals surface area contributed by atoms with E-state index in [1.165, 1.54) is 17.4 Å². The molecule has 1 aromatic carbocycles. The number of carbonyl (C=O) groups is 1. The van der Waals surface area contributed by atoms with Crippen LogP contribution in [0.25, 0.3) is 21.5 Å². The highest BCUT2D eigenvalue weighted by Gasteiger charge is 2.25. The van der Waals surface area contributed by atoms with Gasteiger partial charge in [-0.25, -0.2) is 4.39 Å². The van der Waals surface area contributed by atoms with Gasteiger partial charge in [0, 0.05) is 44.2 Å². The molecule has 1 saturated heterocycles. The molecule has 0 bridgehead atoms. The molecule has 3 aromatic rings. The highest BCUT2D eigenvalue weighted by atomic mass is 32.1. The summed E-state index contributed by atoms with van der Waals surface area (Å²) in [5.74, 6) is -0.247. The maximum atomic E-state index is 14.2. The largest absolute Gasteiger partial charge is 0.335 e. The Morgan fingerprint density at radius 1 is 1.23 bits per heavy atom. The lowest BCUT2D eigenvalue weighted by atomic mass is 10.1. The van der Waals surface area contributed by atoms with Gasteiger partial charge in [-0.1, -0.05) is 19.1 Å². The third-order valence-electron chi connectivity index (χ3n) is 4.96. The molecule has 4 rings (SSSR count). The Labute approximate surface area is 155 Å². The van der Waals surface area contributed by atoms with Crippen LogP contribution >= 0.6 is 11.3 Å². The van der Waals surface area contributed by atoms with Gasteiger partial charge in [0.25, 0.3) is 5.91 Å². The normalized spacial score (nSPS) is 15.7. The van der Waals surface area contributed by atoms with Crippen LogP contribution in [-0.4, -0.2) is 58.2 Å². The molecule has 0 radical (unpaired) electrons. The summed E-state index contributed by atoms with van der Waals surface area (Å²) >= 11 is 1.43. The number of piperazine rings is 1. The minimum Gasteiger partial charge on any atom is -0.335 e. The van der Waals surface area contributed by atoms with E-state index in [2.05, 4.69) is 16.9 Å². The average molecular weight is 372 g/mol. The summed E-state index contributed by atoms with van der Waals surface area (Å²) in [6, 6.07) is 8.48. The van der Waals surface area contributed by atoms with Gasteiger partial charge in [-0.05, 0) is 24.7 Å². The smallest absolute Gasteiger partial charge is 0.264 e. The second-order valence-corrected chi connectivity index (χ2v) is 7.54. The summed E-state index contributed by atoms with van der Waals surface area (Å²) in [4.78, 5) is 18.7. The molecule has 5 nitrogen and oxygen atoms in total. The lowest BCUT2D eigenvalue weighted by molar-refractivity contribution is 0.0648. The number of likely N-dealkylation sites (N-methyl/N-ethyl adjacent to an activating group) is 1. The molecular formula is C19H21FN4OS. The fraction of sp³-hybridized carbons (Fsp3) is 0.368. The number of hydrogen-bond donors (Lipinski definition) is 0. The number of hydrogen-bond acceptors (Lipinski definition) is 4. The van der Waals surface area contributed by atoms with Crippen molar-refractivity contribution in [3.05, 3.63) is 41.0 Å². The van der Waals surface area contributed by atoms with Gasteiger partial charge in [0.1, 0.15) is 16.3 Å². The van der Waals surface area contributed by atoms with Crippen LogP contribution in [0.5, 0.6) is 0 Å². The zero-order chi connectivity index (χ0) is 18.3. The first-order valence-electron chi connectivity index (χ1n) is 8.81. The summed E-state index contributed by atoms with van der Waals surface area (Å²) in [5, 5.41) is 5.30. The van der Waals surface area contributed by atoms with Gasteiger partial charge in [-0.15, -0.1) is 11.3 Å². The van der Waals surface area contributed by atoms with E-state index >= 15 is 0 Å². The van der Waals surface area contributed by atoms with Gasteiger partial charge in [0.2, 0.25) is 0 Å². The molecule has 136 valence electrons. The van der Waals surface area contributed by atoms with Crippen LogP contribution in [0, 0.1) is 5.82 Å². The molecule has 26 heavy (non-hydrogen) atoms. The van der Waals surface area contributed by atoms with Crippen molar-refractivity contribution in [1.82, 2.24) is 19.6 Å². The van der Waals surface area contributed by atoms with Crippen molar-refractivity contribution >= 4 is 27.5 Å². The number of fused-ring (bicyclic) bond motifs is 1. The van der Waals surface area contributed by atoms with Crippen molar-refractivity contribution in [2.24, 2.45) is 7.05 Å². The van der Waals surface area contributed by atoms with Crippen LogP contribution in [0.15, 0.2) is 30.3 Å². The van der Waals surface area contributed by atoms with Gasteiger partial charge in [0.15, 0.2) is 0 Å². The Balaban J connectivity index is 1.67. The van der Waals surface area contributed by atoms with Crippen molar-refractivity contribution < 1.29 is 9.18 Å². The summed E-state index contributed by atoms with van der Waals surface area (Å²) < 4.78 is 15.9. The number of aromatic nitrogens is 2. The van der Waals surface area contributed by atoms with E-state index in [9.17, 15) is 9.18 Å². The van der Waals surface area contributed by atoms with Crippen LogP contribution in [-0.2, 0) is 7.05 Å². The lowest BCUT2D eigenvalue weighted by Gasteiger charge is -2.33. The number of aryl methyl sites for hydroxylation is 1. The van der Waals surface area contributed by atoms with Gasteiger partial charge >= 0.3 is 0 Å². The average Bonchev–Trinajstić information content (AvgIpc) is 3.23. The van der Waals surface area contributed by atoms with Crippen LogP contribution in [0.1, 0.15) is 16.6 Å². The summed E-state index contributed by atoms with van der Waals surface area (Å²) in [5.41, 5.74) is 1.05. The Bertz CT molecular complexity index is 956. The van der Waals surface area contributed by atoms with Crippen LogP contribution < -0.4 is 0 Å². The first-order valence-corrected chi connectivity index (χ1v) is 9.63. The van der Waals surface area contributed by atoms with E-state index < -0.39 is 0 Å². The van der Waals surface area contributed by atoms with Crippen molar-refractivity contribution in [2.75, 3.05) is 32.7 Å². The van der Waals surface area contributed by atoms with E-state index in [1.807, 2.05) is 18.0 Å². The molecular weight excluding hydrogens is 351 g/mol. The van der Waals surface area contributed by atoms with Gasteiger partial charge in [-0.2, -0.15) is 5.10 Å². The Kier molecular flexibility index (Phi) is 4.50. The fourth-order valence-corrected chi connectivity index (χ4v) is 4.46. The predicted octanol–water partition coefficient (Wildman–Crippen LogP) is 3.22. The van der Waals surface area contributed by atoms with Crippen LogP contribution in [0.3, 0.4) is 0 Å². The first-order chi connectivity index (χ1) is 12.6. The second-order valence-electron chi connectivity index (χ2n) is 6.51. The van der Waals surface area contributed by atoms with E-state index in [1.54, 1.807) is 22.9 Å². The number of halogens is 1. The molecule has 0 aliphatic carbocycles. The highest BCUT2D eigenvalue weighted by molar-refractivity contribution is 7.20. The standard InChI is InChI=1S/C19H21FN4OS/c1-3-23-8-10-24(11-9-23)18(25)16-12-14-17(21-22(2)19(14)26-16)13-6-4-5-7-15(13)20/h4-7,12H,3,8-11H2,1-2H3. The number of carbonyl (C=O) groups excluding carboxylic acids is 1. The number of thiophene rings is 1. The third-order valence-corrected chi connectivity index (χ3v) is 6.15. The molecule has 0 spiro atoms. The molecule has 1 fully saturated rings. The molecule has 1 aliphatic rings. The minimum atomic E-state index is -0.303. The molecule has 0 atom stereocenters. The highest BCUT2D eigenvalue weighted by Crippen LogP contribution is 2.35. The maximum Gasteiger partial charge on any atom is 0.264 e. The molecule has 1 aliphatic heterocycles. The lowest BCUT2D eigenvalue weighted by Crippen LogP contribution is -2.48. The molecule has 1 amide bonds. The van der Waals surface area contributed by atoms with Gasteiger partial charge in [0.05, 0.1) is 4.88 Å². The topological polar surface area (TPSA) is 41.4 Å². The summed E-state index contributed by atoms with van der Waals surface area (Å²) in [7, 11) is 1.83. The SMILES string of the molecule is CCN1CCN(C(=O)c2cc3c(-c4ccccc4F)nn(C)c3s2)CC1. The number of amides is 1. The Morgan fingerprint density at radius 3 is 2.65 bits per heavy atom. The molecule has 0 N–H and O–H groups in total. The number of rotatable bonds is 3.